The monoisotopic (exact) mass is 346 g/mol. The molecule has 26 heavy (non-hydrogen) atoms. The van der Waals surface area contributed by atoms with Crippen molar-refractivity contribution in [2.24, 2.45) is 0 Å². The summed E-state index contributed by atoms with van der Waals surface area (Å²) in [7, 11) is 0. The maximum atomic E-state index is 13.4. The van der Waals surface area contributed by atoms with Gasteiger partial charge in [0, 0.05) is 16.8 Å². The Balaban J connectivity index is 1.62. The summed E-state index contributed by atoms with van der Waals surface area (Å²) in [6.45, 7) is 1.94. The number of rotatable bonds is 3. The minimum absolute atomic E-state index is 0.193. The standard InChI is InChI=1S/C21H15FN2O2/c1-13-4-2-5-14(10-13)20(25)23-17-8-9-19-18(12-17)24-21(26-19)15-6-3-7-16(22)11-15/h2-12H,1H3,(H,23,25). The van der Waals surface area contributed by atoms with E-state index in [0.29, 0.717) is 33.8 Å². The number of benzene rings is 3. The van der Waals surface area contributed by atoms with Crippen LogP contribution in [0.25, 0.3) is 22.6 Å². The van der Waals surface area contributed by atoms with Crippen molar-refractivity contribution in [2.75, 3.05) is 5.32 Å². The van der Waals surface area contributed by atoms with Crippen LogP contribution in [0.1, 0.15) is 15.9 Å². The summed E-state index contributed by atoms with van der Waals surface area (Å²) in [6, 6.07) is 18.6. The lowest BCUT2D eigenvalue weighted by atomic mass is 10.1. The predicted octanol–water partition coefficient (Wildman–Crippen LogP) is 5.19. The fraction of sp³-hybridized carbons (Fsp3) is 0.0476. The number of anilines is 1. The number of nitrogens with one attached hydrogen (secondary N) is 1. The third-order valence-electron chi connectivity index (χ3n) is 4.00. The highest BCUT2D eigenvalue weighted by atomic mass is 19.1. The number of carbonyl (C=O) groups excluding carboxylic acids is 1. The Labute approximate surface area is 149 Å². The lowest BCUT2D eigenvalue weighted by molar-refractivity contribution is 0.102. The minimum Gasteiger partial charge on any atom is -0.436 e. The van der Waals surface area contributed by atoms with Crippen molar-refractivity contribution < 1.29 is 13.6 Å². The Morgan fingerprint density at radius 2 is 1.88 bits per heavy atom. The molecule has 3 aromatic carbocycles. The third-order valence-corrected chi connectivity index (χ3v) is 4.00. The molecule has 4 nitrogen and oxygen atoms in total. The highest BCUT2D eigenvalue weighted by Gasteiger charge is 2.11. The van der Waals surface area contributed by atoms with Gasteiger partial charge in [-0.3, -0.25) is 4.79 Å². The first kappa shape index (κ1) is 16.0. The van der Waals surface area contributed by atoms with Crippen LogP contribution in [0.2, 0.25) is 0 Å². The van der Waals surface area contributed by atoms with Crippen LogP contribution in [0.5, 0.6) is 0 Å². The zero-order chi connectivity index (χ0) is 18.1. The molecule has 0 unspecified atom stereocenters. The molecule has 1 amide bonds. The molecule has 4 rings (SSSR count). The molecule has 0 spiro atoms. The highest BCUT2D eigenvalue weighted by molar-refractivity contribution is 6.05. The fourth-order valence-electron chi connectivity index (χ4n) is 2.74. The van der Waals surface area contributed by atoms with Crippen molar-refractivity contribution in [3.05, 3.63) is 83.7 Å². The number of nitrogens with zero attached hydrogens (tertiary/aromatic N) is 1. The summed E-state index contributed by atoms with van der Waals surface area (Å²) in [5.74, 6) is -0.209. The van der Waals surface area contributed by atoms with Gasteiger partial charge < -0.3 is 9.73 Å². The van der Waals surface area contributed by atoms with Crippen LogP contribution in [-0.2, 0) is 0 Å². The van der Waals surface area contributed by atoms with E-state index < -0.39 is 0 Å². The van der Waals surface area contributed by atoms with Gasteiger partial charge in [-0.2, -0.15) is 0 Å². The average Bonchev–Trinajstić information content (AvgIpc) is 3.05. The average molecular weight is 346 g/mol. The van der Waals surface area contributed by atoms with Gasteiger partial charge in [-0.05, 0) is 55.5 Å². The van der Waals surface area contributed by atoms with Crippen molar-refractivity contribution in [1.82, 2.24) is 4.98 Å². The molecule has 0 aliphatic heterocycles. The minimum atomic E-state index is -0.351. The van der Waals surface area contributed by atoms with E-state index in [9.17, 15) is 9.18 Å². The van der Waals surface area contributed by atoms with Gasteiger partial charge in [0.15, 0.2) is 5.58 Å². The molecule has 1 N–H and O–H groups in total. The molecule has 4 aromatic rings. The molecule has 0 saturated heterocycles. The van der Waals surface area contributed by atoms with Crippen LogP contribution in [0.3, 0.4) is 0 Å². The number of hydrogen-bond donors (Lipinski definition) is 1. The zero-order valence-corrected chi connectivity index (χ0v) is 14.0. The molecule has 0 aliphatic rings. The zero-order valence-electron chi connectivity index (χ0n) is 14.0. The lowest BCUT2D eigenvalue weighted by Crippen LogP contribution is -2.11. The predicted molar refractivity (Wildman–Crippen MR) is 98.5 cm³/mol. The number of fused-ring (bicyclic) bond motifs is 1. The van der Waals surface area contributed by atoms with E-state index in [1.54, 1.807) is 36.4 Å². The Morgan fingerprint density at radius 1 is 1.04 bits per heavy atom. The largest absolute Gasteiger partial charge is 0.436 e. The number of hydrogen-bond acceptors (Lipinski definition) is 3. The molecule has 1 heterocycles. The van der Waals surface area contributed by atoms with Crippen molar-refractivity contribution in [1.29, 1.82) is 0 Å². The lowest BCUT2D eigenvalue weighted by Gasteiger charge is -2.05. The Morgan fingerprint density at radius 3 is 2.69 bits per heavy atom. The van der Waals surface area contributed by atoms with Crippen molar-refractivity contribution in [2.45, 2.75) is 6.92 Å². The molecule has 0 fully saturated rings. The molecular formula is C21H15FN2O2. The van der Waals surface area contributed by atoms with Crippen molar-refractivity contribution >= 4 is 22.7 Å². The second-order valence-corrected chi connectivity index (χ2v) is 6.04. The maximum Gasteiger partial charge on any atom is 0.255 e. The van der Waals surface area contributed by atoms with Gasteiger partial charge in [0.2, 0.25) is 5.89 Å². The van der Waals surface area contributed by atoms with Gasteiger partial charge in [-0.25, -0.2) is 9.37 Å². The van der Waals surface area contributed by atoms with Crippen LogP contribution in [0, 0.1) is 12.7 Å². The van der Waals surface area contributed by atoms with E-state index in [4.69, 9.17) is 4.42 Å². The molecule has 0 saturated carbocycles. The van der Waals surface area contributed by atoms with Gasteiger partial charge in [-0.1, -0.05) is 23.8 Å². The summed E-state index contributed by atoms with van der Waals surface area (Å²) >= 11 is 0. The quantitative estimate of drug-likeness (QED) is 0.555. The van der Waals surface area contributed by atoms with Crippen LogP contribution in [0.15, 0.2) is 71.1 Å². The van der Waals surface area contributed by atoms with Crippen LogP contribution in [-0.4, -0.2) is 10.9 Å². The molecule has 0 bridgehead atoms. The van der Waals surface area contributed by atoms with E-state index in [0.717, 1.165) is 5.56 Å². The molecular weight excluding hydrogens is 331 g/mol. The van der Waals surface area contributed by atoms with Crippen molar-refractivity contribution in [3.63, 3.8) is 0 Å². The number of oxazole rings is 1. The summed E-state index contributed by atoms with van der Waals surface area (Å²) in [4.78, 5) is 16.8. The molecule has 1 aromatic heterocycles. The van der Waals surface area contributed by atoms with Gasteiger partial charge in [-0.15, -0.1) is 0 Å². The molecule has 5 heteroatoms. The summed E-state index contributed by atoms with van der Waals surface area (Å²) in [5.41, 5.74) is 3.94. The third kappa shape index (κ3) is 3.19. The summed E-state index contributed by atoms with van der Waals surface area (Å²) in [6.07, 6.45) is 0. The maximum absolute atomic E-state index is 13.4. The van der Waals surface area contributed by atoms with Gasteiger partial charge >= 0.3 is 0 Å². The molecule has 0 radical (unpaired) electrons. The van der Waals surface area contributed by atoms with E-state index in [1.807, 2.05) is 25.1 Å². The second kappa shape index (κ2) is 6.44. The number of aromatic nitrogens is 1. The second-order valence-electron chi connectivity index (χ2n) is 6.04. The van der Waals surface area contributed by atoms with Gasteiger partial charge in [0.1, 0.15) is 11.3 Å². The Kier molecular flexibility index (Phi) is 3.97. The van der Waals surface area contributed by atoms with Gasteiger partial charge in [0.25, 0.3) is 5.91 Å². The normalized spacial score (nSPS) is 10.8. The smallest absolute Gasteiger partial charge is 0.255 e. The number of carbonyl (C=O) groups is 1. The first-order valence-corrected chi connectivity index (χ1v) is 8.13. The van der Waals surface area contributed by atoms with Gasteiger partial charge in [0.05, 0.1) is 0 Å². The summed E-state index contributed by atoms with van der Waals surface area (Å²) in [5, 5.41) is 2.86. The van der Waals surface area contributed by atoms with Crippen molar-refractivity contribution in [3.8, 4) is 11.5 Å². The van der Waals surface area contributed by atoms with Crippen LogP contribution < -0.4 is 5.32 Å². The van der Waals surface area contributed by atoms with Crippen LogP contribution >= 0.6 is 0 Å². The number of amides is 1. The topological polar surface area (TPSA) is 55.1 Å². The van der Waals surface area contributed by atoms with E-state index in [-0.39, 0.29) is 11.7 Å². The van der Waals surface area contributed by atoms with Crippen LogP contribution in [0.4, 0.5) is 10.1 Å². The fourth-order valence-corrected chi connectivity index (χ4v) is 2.74. The Hall–Kier alpha value is -3.47. The SMILES string of the molecule is Cc1cccc(C(=O)Nc2ccc3oc(-c4cccc(F)c4)nc3c2)c1. The number of aryl methyl sites for hydroxylation is 1. The molecule has 128 valence electrons. The summed E-state index contributed by atoms with van der Waals surface area (Å²) < 4.78 is 19.1. The van der Waals surface area contributed by atoms with E-state index in [1.165, 1.54) is 12.1 Å². The molecule has 0 atom stereocenters. The van der Waals surface area contributed by atoms with E-state index in [2.05, 4.69) is 10.3 Å². The highest BCUT2D eigenvalue weighted by Crippen LogP contribution is 2.26. The first-order valence-electron chi connectivity index (χ1n) is 8.13. The molecule has 0 aliphatic carbocycles. The first-order chi connectivity index (χ1) is 12.6. The van der Waals surface area contributed by atoms with E-state index >= 15 is 0 Å². The number of halogens is 1. The Bertz CT molecular complexity index is 1120.